The zero-order chi connectivity index (χ0) is 24.3. The first-order chi connectivity index (χ1) is 17.0. The van der Waals surface area contributed by atoms with Gasteiger partial charge in [0.05, 0.1) is 4.90 Å². The summed E-state index contributed by atoms with van der Waals surface area (Å²) in [7, 11) is -3.65. The van der Waals surface area contributed by atoms with Crippen molar-refractivity contribution in [1.82, 2.24) is 4.31 Å². The summed E-state index contributed by atoms with van der Waals surface area (Å²) in [5, 5.41) is 2.92. The van der Waals surface area contributed by atoms with Crippen molar-refractivity contribution in [2.75, 3.05) is 31.6 Å². The predicted molar refractivity (Wildman–Crippen MR) is 131 cm³/mol. The largest absolute Gasteiger partial charge is 0.486 e. The predicted octanol–water partition coefficient (Wildman–Crippen LogP) is 4.29. The van der Waals surface area contributed by atoms with E-state index in [2.05, 4.69) is 5.32 Å². The number of hydrogen-bond acceptors (Lipinski definition) is 6. The summed E-state index contributed by atoms with van der Waals surface area (Å²) in [6, 6.07) is 21.0. The van der Waals surface area contributed by atoms with Crippen LogP contribution in [0, 0.1) is 5.92 Å². The molecular formula is C26H26N2O6S. The van der Waals surface area contributed by atoms with Crippen LogP contribution in [0.4, 0.5) is 5.69 Å². The molecule has 1 fully saturated rings. The van der Waals surface area contributed by atoms with Crippen LogP contribution in [-0.2, 0) is 14.8 Å². The van der Waals surface area contributed by atoms with Gasteiger partial charge in [-0.2, -0.15) is 4.31 Å². The zero-order valence-corrected chi connectivity index (χ0v) is 19.9. The topological polar surface area (TPSA) is 94.2 Å². The van der Waals surface area contributed by atoms with E-state index in [9.17, 15) is 13.2 Å². The average molecular weight is 495 g/mol. The second-order valence-corrected chi connectivity index (χ2v) is 10.4. The average Bonchev–Trinajstić information content (AvgIpc) is 2.89. The van der Waals surface area contributed by atoms with Gasteiger partial charge in [-0.25, -0.2) is 8.42 Å². The highest BCUT2D eigenvalue weighted by atomic mass is 32.2. The molecule has 0 aromatic heterocycles. The molecular weight excluding hydrogens is 468 g/mol. The Labute approximate surface area is 204 Å². The number of ether oxygens (including phenoxy) is 3. The monoisotopic (exact) mass is 494 g/mol. The van der Waals surface area contributed by atoms with E-state index in [1.54, 1.807) is 42.5 Å². The summed E-state index contributed by atoms with van der Waals surface area (Å²) >= 11 is 0. The SMILES string of the molecule is O=C(Nc1ccc2c(c1)OCCO2)C1CCN(S(=O)(=O)c2ccc(Oc3ccccc3)cc2)CC1. The number of para-hydroxylation sites is 1. The summed E-state index contributed by atoms with van der Waals surface area (Å²) in [4.78, 5) is 13.0. The highest BCUT2D eigenvalue weighted by molar-refractivity contribution is 7.89. The quantitative estimate of drug-likeness (QED) is 0.550. The van der Waals surface area contributed by atoms with Crippen LogP contribution in [0.3, 0.4) is 0 Å². The highest BCUT2D eigenvalue weighted by Crippen LogP contribution is 2.33. The number of nitrogens with one attached hydrogen (secondary N) is 1. The Balaban J connectivity index is 1.17. The van der Waals surface area contributed by atoms with Gasteiger partial charge in [0.2, 0.25) is 15.9 Å². The minimum atomic E-state index is -3.65. The van der Waals surface area contributed by atoms with Gasteiger partial charge in [0.25, 0.3) is 0 Å². The number of sulfonamides is 1. The molecule has 0 atom stereocenters. The number of anilines is 1. The molecule has 3 aromatic carbocycles. The summed E-state index contributed by atoms with van der Waals surface area (Å²) in [5.41, 5.74) is 0.632. The fourth-order valence-corrected chi connectivity index (χ4v) is 5.65. The van der Waals surface area contributed by atoms with Gasteiger partial charge >= 0.3 is 0 Å². The highest BCUT2D eigenvalue weighted by Gasteiger charge is 2.32. The molecule has 182 valence electrons. The molecule has 0 spiro atoms. The van der Waals surface area contributed by atoms with Gasteiger partial charge in [0.1, 0.15) is 24.7 Å². The van der Waals surface area contributed by atoms with Crippen LogP contribution in [0.1, 0.15) is 12.8 Å². The lowest BCUT2D eigenvalue weighted by Gasteiger charge is -2.30. The first-order valence-corrected chi connectivity index (χ1v) is 13.0. The standard InChI is InChI=1S/C26H26N2O6S/c29-26(27-20-6-11-24-25(18-20)33-17-16-32-24)19-12-14-28(15-13-19)35(30,31)23-9-7-22(8-10-23)34-21-4-2-1-3-5-21/h1-11,18-19H,12-17H2,(H,27,29). The van der Waals surface area contributed by atoms with Gasteiger partial charge < -0.3 is 19.5 Å². The van der Waals surface area contributed by atoms with E-state index in [4.69, 9.17) is 14.2 Å². The van der Waals surface area contributed by atoms with Crippen LogP contribution >= 0.6 is 0 Å². The molecule has 1 N–H and O–H groups in total. The molecule has 1 amide bonds. The molecule has 0 unspecified atom stereocenters. The van der Waals surface area contributed by atoms with Crippen LogP contribution < -0.4 is 19.5 Å². The van der Waals surface area contributed by atoms with E-state index in [-0.39, 0.29) is 29.8 Å². The van der Waals surface area contributed by atoms with E-state index in [1.165, 1.54) is 4.31 Å². The summed E-state index contributed by atoms with van der Waals surface area (Å²) in [5.74, 6) is 2.12. The number of hydrogen-bond donors (Lipinski definition) is 1. The maximum Gasteiger partial charge on any atom is 0.243 e. The van der Waals surface area contributed by atoms with Gasteiger partial charge in [-0.3, -0.25) is 4.79 Å². The van der Waals surface area contributed by atoms with Gasteiger partial charge in [-0.05, 0) is 61.4 Å². The van der Waals surface area contributed by atoms with Crippen LogP contribution in [0.5, 0.6) is 23.0 Å². The smallest absolute Gasteiger partial charge is 0.243 e. The third-order valence-corrected chi connectivity index (χ3v) is 7.99. The Kier molecular flexibility index (Phi) is 6.61. The van der Waals surface area contributed by atoms with Crippen LogP contribution in [0.15, 0.2) is 77.7 Å². The van der Waals surface area contributed by atoms with Gasteiger partial charge in [0.15, 0.2) is 11.5 Å². The molecule has 0 bridgehead atoms. The van der Waals surface area contributed by atoms with E-state index >= 15 is 0 Å². The zero-order valence-electron chi connectivity index (χ0n) is 19.1. The van der Waals surface area contributed by atoms with E-state index in [0.717, 1.165) is 0 Å². The van der Waals surface area contributed by atoms with Crippen molar-refractivity contribution in [3.63, 3.8) is 0 Å². The fraction of sp³-hybridized carbons (Fsp3) is 0.269. The lowest BCUT2D eigenvalue weighted by atomic mass is 9.97. The minimum Gasteiger partial charge on any atom is -0.486 e. The maximum absolute atomic E-state index is 13.1. The van der Waals surface area contributed by atoms with E-state index in [1.807, 2.05) is 30.3 Å². The molecule has 5 rings (SSSR count). The van der Waals surface area contributed by atoms with Crippen molar-refractivity contribution in [3.8, 4) is 23.0 Å². The summed E-state index contributed by atoms with van der Waals surface area (Å²) < 4.78 is 44.5. The first-order valence-electron chi connectivity index (χ1n) is 11.5. The molecule has 2 heterocycles. The molecule has 0 radical (unpaired) electrons. The number of carbonyl (C=O) groups excluding carboxylic acids is 1. The molecule has 3 aromatic rings. The first kappa shape index (κ1) is 23.2. The molecule has 2 aliphatic heterocycles. The minimum absolute atomic E-state index is 0.124. The molecule has 0 aliphatic carbocycles. The van der Waals surface area contributed by atoms with Crippen molar-refractivity contribution in [2.45, 2.75) is 17.7 Å². The van der Waals surface area contributed by atoms with E-state index in [0.29, 0.717) is 54.7 Å². The number of amides is 1. The van der Waals surface area contributed by atoms with Crippen LogP contribution in [0.2, 0.25) is 0 Å². The second-order valence-electron chi connectivity index (χ2n) is 8.41. The number of nitrogens with zero attached hydrogens (tertiary/aromatic N) is 1. The Morgan fingerprint density at radius 2 is 1.51 bits per heavy atom. The number of benzene rings is 3. The van der Waals surface area contributed by atoms with Gasteiger partial charge in [0, 0.05) is 30.8 Å². The Bertz CT molecular complexity index is 1290. The number of carbonyl (C=O) groups is 1. The molecule has 0 saturated carbocycles. The van der Waals surface area contributed by atoms with Crippen molar-refractivity contribution in [3.05, 3.63) is 72.8 Å². The second kappa shape index (κ2) is 9.97. The molecule has 9 heteroatoms. The van der Waals surface area contributed by atoms with Gasteiger partial charge in [-0.1, -0.05) is 18.2 Å². The third kappa shape index (κ3) is 5.26. The summed E-state index contributed by atoms with van der Waals surface area (Å²) in [6.45, 7) is 1.54. The normalized spacial score (nSPS) is 16.5. The lowest BCUT2D eigenvalue weighted by Crippen LogP contribution is -2.41. The molecule has 35 heavy (non-hydrogen) atoms. The van der Waals surface area contributed by atoms with Crippen LogP contribution in [0.25, 0.3) is 0 Å². The Hall–Kier alpha value is -3.56. The number of piperidine rings is 1. The van der Waals surface area contributed by atoms with Crippen molar-refractivity contribution in [1.29, 1.82) is 0 Å². The van der Waals surface area contributed by atoms with Crippen molar-refractivity contribution in [2.24, 2.45) is 5.92 Å². The third-order valence-electron chi connectivity index (χ3n) is 6.07. The lowest BCUT2D eigenvalue weighted by molar-refractivity contribution is -0.120. The molecule has 2 aliphatic rings. The number of rotatable bonds is 6. The molecule has 8 nitrogen and oxygen atoms in total. The summed E-state index contributed by atoms with van der Waals surface area (Å²) in [6.07, 6.45) is 0.898. The Morgan fingerprint density at radius 3 is 2.23 bits per heavy atom. The van der Waals surface area contributed by atoms with Gasteiger partial charge in [-0.15, -0.1) is 0 Å². The van der Waals surface area contributed by atoms with Crippen molar-refractivity contribution < 1.29 is 27.4 Å². The van der Waals surface area contributed by atoms with E-state index < -0.39 is 10.0 Å². The van der Waals surface area contributed by atoms with Crippen molar-refractivity contribution >= 4 is 21.6 Å². The number of fused-ring (bicyclic) bond motifs is 1. The maximum atomic E-state index is 13.1. The van der Waals surface area contributed by atoms with Crippen LogP contribution in [-0.4, -0.2) is 44.9 Å². The Morgan fingerprint density at radius 1 is 0.857 bits per heavy atom. The fourth-order valence-electron chi connectivity index (χ4n) is 4.18. The molecule has 1 saturated heterocycles.